The van der Waals surface area contributed by atoms with E-state index in [4.69, 9.17) is 29.7 Å². The van der Waals surface area contributed by atoms with Gasteiger partial charge in [-0.3, -0.25) is 0 Å². The lowest BCUT2D eigenvalue weighted by atomic mass is 9.80. The molecule has 2 aliphatic rings. The summed E-state index contributed by atoms with van der Waals surface area (Å²) in [5.74, 6) is 0. The summed E-state index contributed by atoms with van der Waals surface area (Å²) in [5.41, 5.74) is 21.8. The lowest BCUT2D eigenvalue weighted by molar-refractivity contribution is 0.660. The van der Waals surface area contributed by atoms with Crippen molar-refractivity contribution in [2.45, 2.75) is 38.5 Å². The zero-order valence-corrected chi connectivity index (χ0v) is 74.2. The molecule has 27 aromatic rings. The van der Waals surface area contributed by atoms with Crippen LogP contribution in [0.25, 0.3) is 263 Å². The van der Waals surface area contributed by atoms with Gasteiger partial charge in [0.05, 0.1) is 32.9 Å². The summed E-state index contributed by atoms with van der Waals surface area (Å²) in [6.45, 7) is 8.77. The Kier molecular flexibility index (Phi) is 13.3. The standard InChI is InChI=1S/C47H32O.C46H28O.C41H28O/c1-47(2)40-19-9-7-17-38(40)46-32(18-11-20-41(46)47)29-22-24-30(25-23-29)44-34-13-3-5-15-36(34)45(37-16-6-4-14-35(37)44)31-26-27-43-39(28-31)33-12-8-10-21-42(33)48-43;1-2-10-29(11-3-1)30-20-23-35-31(26-30)18-19-32-27-33(21-24-36(32)35)45-38-13-4-6-15-40(38)46(41-16-7-5-14-39(41)45)34-22-25-44-42(28-34)37-12-8-9-17-43(37)47-44;1-41(2)34-19-9-7-17-31(34)40-32(18-11-20-35(40)41)39-29-15-5-3-13-27(29)38(28-14-4-6-16-30(28)39)25-22-23-37-33(24-25)26-12-8-10-21-36(26)42-37/h3-28H,1-2H3;1-28H;3-24H,1-2H3/i3D,4D,5D,6D,13D,14D,15D,16D;4D,5D,6D,7D,13D,14D,15D,16D;3D,4D,5D,6D,13D,14D,15D,16D. The first-order chi connectivity index (χ1) is 77.4. The molecule has 29 rings (SSSR count). The molecule has 3 heteroatoms. The Bertz CT molecular complexity index is 11100. The summed E-state index contributed by atoms with van der Waals surface area (Å²) >= 11 is 0. The molecule has 0 amide bonds. The van der Waals surface area contributed by atoms with E-state index >= 15 is 0 Å². The van der Waals surface area contributed by atoms with Gasteiger partial charge in [0.25, 0.3) is 0 Å². The molecule has 0 radical (unpaired) electrons. The van der Waals surface area contributed by atoms with Gasteiger partial charge in [-0.05, 0) is 286 Å². The van der Waals surface area contributed by atoms with E-state index in [1.54, 1.807) is 36.4 Å². The molecule has 0 saturated carbocycles. The molecule has 3 heterocycles. The van der Waals surface area contributed by atoms with Crippen molar-refractivity contribution in [2.75, 3.05) is 0 Å². The Labute approximate surface area is 826 Å². The van der Waals surface area contributed by atoms with Crippen LogP contribution < -0.4 is 0 Å². The summed E-state index contributed by atoms with van der Waals surface area (Å²) in [4.78, 5) is 0. The summed E-state index contributed by atoms with van der Waals surface area (Å²) in [6, 6.07) is 93.7. The molecular weight excluding hydrogens is 1660 g/mol. The zero-order chi connectivity index (χ0) is 112. The second-order valence-corrected chi connectivity index (χ2v) is 36.4. The maximum absolute atomic E-state index is 9.41. The third-order valence-corrected chi connectivity index (χ3v) is 28.3. The largest absolute Gasteiger partial charge is 0.456 e. The molecule has 0 unspecified atom stereocenters. The maximum Gasteiger partial charge on any atom is 0.135 e. The fraction of sp³-hybridized carbons (Fsp3) is 0.0448. The van der Waals surface area contributed by atoms with Gasteiger partial charge >= 0.3 is 0 Å². The van der Waals surface area contributed by atoms with Crippen LogP contribution in [0.4, 0.5) is 0 Å². The van der Waals surface area contributed by atoms with Crippen LogP contribution in [0, 0.1) is 0 Å². The van der Waals surface area contributed by atoms with Crippen molar-refractivity contribution in [3.05, 3.63) is 483 Å². The highest BCUT2D eigenvalue weighted by atomic mass is 16.3. The fourth-order valence-corrected chi connectivity index (χ4v) is 22.0. The predicted molar refractivity (Wildman–Crippen MR) is 580 cm³/mol. The van der Waals surface area contributed by atoms with Gasteiger partial charge in [0.2, 0.25) is 0 Å². The Morgan fingerprint density at radius 3 is 0.825 bits per heavy atom. The lowest BCUT2D eigenvalue weighted by Crippen LogP contribution is -2.14. The van der Waals surface area contributed by atoms with Gasteiger partial charge in [-0.2, -0.15) is 0 Å². The van der Waals surface area contributed by atoms with Crippen molar-refractivity contribution in [3.8, 4) is 111 Å². The minimum atomic E-state index is -0.431. The Morgan fingerprint density at radius 2 is 0.431 bits per heavy atom. The van der Waals surface area contributed by atoms with Gasteiger partial charge in [0, 0.05) is 43.1 Å². The lowest BCUT2D eigenvalue weighted by Gasteiger charge is -2.22. The fourth-order valence-electron chi connectivity index (χ4n) is 22.0. The number of fused-ring (bicyclic) bond motifs is 24. The van der Waals surface area contributed by atoms with Crippen LogP contribution in [0.3, 0.4) is 0 Å². The highest BCUT2D eigenvalue weighted by molar-refractivity contribution is 6.27. The smallest absolute Gasteiger partial charge is 0.135 e. The zero-order valence-electron chi connectivity index (χ0n) is 98.2. The predicted octanol–water partition coefficient (Wildman–Crippen LogP) is 37.9. The first-order valence-electron chi connectivity index (χ1n) is 57.7. The molecule has 0 fully saturated rings. The van der Waals surface area contributed by atoms with Crippen molar-refractivity contribution < 1.29 is 46.1 Å². The van der Waals surface area contributed by atoms with Crippen LogP contribution in [0.15, 0.2) is 474 Å². The molecule has 2 aliphatic carbocycles. The van der Waals surface area contributed by atoms with Crippen LogP contribution >= 0.6 is 0 Å². The van der Waals surface area contributed by atoms with E-state index in [2.05, 4.69) is 119 Å². The molecule has 137 heavy (non-hydrogen) atoms. The molecule has 642 valence electrons. The van der Waals surface area contributed by atoms with Crippen LogP contribution in [0.2, 0.25) is 0 Å². The molecule has 0 N–H and O–H groups in total. The topological polar surface area (TPSA) is 39.4 Å². The van der Waals surface area contributed by atoms with Gasteiger partial charge in [0.1, 0.15) is 33.5 Å². The maximum atomic E-state index is 9.41. The average Bonchev–Trinajstić information content (AvgIpc) is 1.68. The number of hydrogen-bond donors (Lipinski definition) is 0. The van der Waals surface area contributed by atoms with E-state index in [9.17, 15) is 16.4 Å². The van der Waals surface area contributed by atoms with Crippen LogP contribution in [0.5, 0.6) is 0 Å². The number of benzene rings is 24. The molecule has 0 bridgehead atoms. The van der Waals surface area contributed by atoms with Gasteiger partial charge < -0.3 is 13.3 Å². The molecule has 0 saturated heterocycles. The number of rotatable bonds is 8. The third-order valence-electron chi connectivity index (χ3n) is 28.3. The Balaban J connectivity index is 0.000000117. The normalized spacial score (nSPS) is 15.4. The molecular formula is C134H88O3. The highest BCUT2D eigenvalue weighted by Gasteiger charge is 2.39. The molecule has 3 nitrogen and oxygen atoms in total. The summed E-state index contributed by atoms with van der Waals surface area (Å²) in [6.07, 6.45) is 0. The van der Waals surface area contributed by atoms with E-state index in [0.717, 1.165) is 98.4 Å². The molecule has 0 spiro atoms. The van der Waals surface area contributed by atoms with E-state index in [1.165, 1.54) is 22.3 Å². The monoisotopic (exact) mass is 1770 g/mol. The number of hydrogen-bond acceptors (Lipinski definition) is 3. The SMILES string of the molecule is [2H]c1c([2H])c([2H])c2c(-c3ccc4oc5ccccc5c4c3)c3c([2H])c([2H])c([2H])c([2H])c3c(-c3ccc(-c4cccc5c4-c4ccccc4C5(C)C)cc3)c2c1[2H].[2H]c1c([2H])c([2H])c2c(-c3ccc4oc5ccccc5c4c3)c3c([2H])c([2H])c([2H])c([2H])c3c(-c3ccc4c(ccc5cc(-c6ccccc6)ccc54)c3)c2c1[2H].[2H]c1c([2H])c([2H])c2c(-c3cccc4c3-c3ccccc3C4(C)C)c3c([2H])c([2H])c([2H])c([2H])c3c(-c3ccc4oc5ccccc5c4c3)c2c1[2H]. The van der Waals surface area contributed by atoms with Crippen molar-refractivity contribution in [2.24, 2.45) is 0 Å². The van der Waals surface area contributed by atoms with Gasteiger partial charge in [-0.1, -0.05) is 421 Å². The summed E-state index contributed by atoms with van der Waals surface area (Å²) in [5, 5.41) is 11.1. The van der Waals surface area contributed by atoms with Crippen LogP contribution in [-0.2, 0) is 10.8 Å². The van der Waals surface area contributed by atoms with E-state index in [1.807, 2.05) is 188 Å². The van der Waals surface area contributed by atoms with E-state index in [0.29, 0.717) is 100 Å². The molecule has 0 atom stereocenters. The quantitative estimate of drug-likeness (QED) is 0.112. The first-order valence-corrected chi connectivity index (χ1v) is 45.7. The van der Waals surface area contributed by atoms with Crippen molar-refractivity contribution in [1.29, 1.82) is 0 Å². The number of para-hydroxylation sites is 3. The Morgan fingerprint density at radius 1 is 0.161 bits per heavy atom. The minimum Gasteiger partial charge on any atom is -0.456 e. The van der Waals surface area contributed by atoms with Gasteiger partial charge in [-0.25, -0.2) is 0 Å². The highest BCUT2D eigenvalue weighted by Crippen LogP contribution is 2.58. The van der Waals surface area contributed by atoms with Gasteiger partial charge in [-0.15, -0.1) is 0 Å². The van der Waals surface area contributed by atoms with Crippen LogP contribution in [0.1, 0.15) is 82.8 Å². The van der Waals surface area contributed by atoms with Crippen molar-refractivity contribution >= 4 is 152 Å². The average molecular weight is 1770 g/mol. The van der Waals surface area contributed by atoms with E-state index < -0.39 is 72.5 Å². The van der Waals surface area contributed by atoms with Crippen molar-refractivity contribution in [1.82, 2.24) is 0 Å². The number of furan rings is 3. The summed E-state index contributed by atoms with van der Waals surface area (Å²) < 4.78 is 236. The summed E-state index contributed by atoms with van der Waals surface area (Å²) in [7, 11) is 0. The second kappa shape index (κ2) is 31.2. The first kappa shape index (κ1) is 58.6. The minimum absolute atomic E-state index is 0.178. The molecule has 0 aliphatic heterocycles. The van der Waals surface area contributed by atoms with Gasteiger partial charge in [0.15, 0.2) is 0 Å². The van der Waals surface area contributed by atoms with Crippen LogP contribution in [-0.4, -0.2) is 0 Å². The van der Waals surface area contributed by atoms with Crippen molar-refractivity contribution in [3.63, 3.8) is 0 Å². The second-order valence-electron chi connectivity index (χ2n) is 36.4. The molecule has 24 aromatic carbocycles. The van der Waals surface area contributed by atoms with E-state index in [-0.39, 0.29) is 148 Å². The third kappa shape index (κ3) is 12.5. The Hall–Kier alpha value is -17.2. The molecule has 3 aromatic heterocycles.